The van der Waals surface area contributed by atoms with Crippen molar-refractivity contribution in [2.75, 3.05) is 17.7 Å². The van der Waals surface area contributed by atoms with Crippen molar-refractivity contribution in [3.8, 4) is 5.75 Å². The van der Waals surface area contributed by atoms with Crippen LogP contribution in [0.5, 0.6) is 5.75 Å². The number of amides is 1. The van der Waals surface area contributed by atoms with E-state index < -0.39 is 0 Å². The highest BCUT2D eigenvalue weighted by molar-refractivity contribution is 6.31. The van der Waals surface area contributed by atoms with Crippen LogP contribution in [0.2, 0.25) is 5.02 Å². The molecule has 0 radical (unpaired) electrons. The van der Waals surface area contributed by atoms with Crippen LogP contribution in [0.4, 0.5) is 11.4 Å². The zero-order chi connectivity index (χ0) is 15.4. The molecule has 3 N–H and O–H groups in total. The van der Waals surface area contributed by atoms with Crippen molar-refractivity contribution in [2.45, 2.75) is 13.8 Å². The number of carbonyl (C=O) groups excluding carboxylic acids is 1. The fourth-order valence-corrected chi connectivity index (χ4v) is 2.18. The van der Waals surface area contributed by atoms with Crippen LogP contribution < -0.4 is 15.8 Å². The number of nitrogen functional groups attached to an aromatic ring is 1. The van der Waals surface area contributed by atoms with Crippen LogP contribution in [0.1, 0.15) is 22.8 Å². The van der Waals surface area contributed by atoms with Gasteiger partial charge in [0, 0.05) is 16.3 Å². The van der Waals surface area contributed by atoms with Crippen LogP contribution >= 0.6 is 11.6 Å². The number of nitrogens with one attached hydrogen (secondary N) is 1. The number of hydrogen-bond donors (Lipinski definition) is 2. The first kappa shape index (κ1) is 15.2. The van der Waals surface area contributed by atoms with E-state index in [1.165, 1.54) is 0 Å². The molecule has 0 aliphatic carbocycles. The maximum atomic E-state index is 12.4. The van der Waals surface area contributed by atoms with E-state index in [4.69, 9.17) is 22.1 Å². The molecule has 0 aliphatic rings. The number of anilines is 2. The summed E-state index contributed by atoms with van der Waals surface area (Å²) < 4.78 is 5.48. The first-order valence-corrected chi connectivity index (χ1v) is 6.99. The van der Waals surface area contributed by atoms with E-state index in [2.05, 4.69) is 5.32 Å². The molecule has 0 aromatic heterocycles. The second-order valence-electron chi connectivity index (χ2n) is 4.60. The van der Waals surface area contributed by atoms with E-state index in [0.717, 1.165) is 5.56 Å². The lowest BCUT2D eigenvalue weighted by molar-refractivity contribution is 0.102. The number of carbonyl (C=O) groups is 1. The smallest absolute Gasteiger partial charge is 0.256 e. The van der Waals surface area contributed by atoms with Gasteiger partial charge in [0.05, 0.1) is 12.3 Å². The minimum absolute atomic E-state index is 0.226. The average Bonchev–Trinajstić information content (AvgIpc) is 2.41. The SMILES string of the molecule is CCOc1ccc(Cl)cc1NC(=O)c1ccc(N)cc1C. The lowest BCUT2D eigenvalue weighted by atomic mass is 10.1. The van der Waals surface area contributed by atoms with Crippen molar-refractivity contribution in [1.29, 1.82) is 0 Å². The summed E-state index contributed by atoms with van der Waals surface area (Å²) in [6.07, 6.45) is 0. The van der Waals surface area contributed by atoms with Crippen LogP contribution in [0, 0.1) is 6.92 Å². The number of rotatable bonds is 4. The first-order valence-electron chi connectivity index (χ1n) is 6.61. The quantitative estimate of drug-likeness (QED) is 0.842. The Bertz CT molecular complexity index is 671. The van der Waals surface area contributed by atoms with Crippen LogP contribution in [-0.2, 0) is 0 Å². The van der Waals surface area contributed by atoms with E-state index in [0.29, 0.717) is 34.3 Å². The van der Waals surface area contributed by atoms with Crippen LogP contribution in [0.25, 0.3) is 0 Å². The fourth-order valence-electron chi connectivity index (χ4n) is 2.01. The van der Waals surface area contributed by atoms with E-state index in [-0.39, 0.29) is 5.91 Å². The van der Waals surface area contributed by atoms with Crippen LogP contribution in [-0.4, -0.2) is 12.5 Å². The van der Waals surface area contributed by atoms with Gasteiger partial charge in [-0.15, -0.1) is 0 Å². The third kappa shape index (κ3) is 3.67. The Hall–Kier alpha value is -2.20. The maximum Gasteiger partial charge on any atom is 0.256 e. The number of nitrogens with two attached hydrogens (primary N) is 1. The van der Waals surface area contributed by atoms with Gasteiger partial charge >= 0.3 is 0 Å². The molecule has 0 saturated carbocycles. The predicted molar refractivity (Wildman–Crippen MR) is 86.2 cm³/mol. The van der Waals surface area contributed by atoms with Crippen molar-refractivity contribution in [2.24, 2.45) is 0 Å². The molecule has 5 heteroatoms. The topological polar surface area (TPSA) is 64.3 Å². The molecule has 0 fully saturated rings. The number of benzene rings is 2. The summed E-state index contributed by atoms with van der Waals surface area (Å²) in [5.74, 6) is 0.360. The van der Waals surface area contributed by atoms with Gasteiger partial charge in [0.25, 0.3) is 5.91 Å². The zero-order valence-corrected chi connectivity index (χ0v) is 12.7. The highest BCUT2D eigenvalue weighted by atomic mass is 35.5. The molecule has 2 rings (SSSR count). The maximum absolute atomic E-state index is 12.4. The molecule has 1 amide bonds. The van der Waals surface area contributed by atoms with Crippen molar-refractivity contribution in [3.63, 3.8) is 0 Å². The summed E-state index contributed by atoms with van der Waals surface area (Å²) in [5.41, 5.74) is 8.24. The van der Waals surface area contributed by atoms with Crippen molar-refractivity contribution in [1.82, 2.24) is 0 Å². The van der Waals surface area contributed by atoms with Gasteiger partial charge in [-0.05, 0) is 55.8 Å². The molecule has 2 aromatic carbocycles. The molecule has 0 bridgehead atoms. The highest BCUT2D eigenvalue weighted by Gasteiger charge is 2.12. The monoisotopic (exact) mass is 304 g/mol. The van der Waals surface area contributed by atoms with E-state index in [1.807, 2.05) is 13.8 Å². The summed E-state index contributed by atoms with van der Waals surface area (Å²) >= 11 is 5.98. The molecule has 0 saturated heterocycles. The molecule has 0 spiro atoms. The molecular formula is C16H17ClN2O2. The third-order valence-electron chi connectivity index (χ3n) is 2.98. The molecule has 0 unspecified atom stereocenters. The fraction of sp³-hybridized carbons (Fsp3) is 0.188. The first-order chi connectivity index (χ1) is 10.0. The van der Waals surface area contributed by atoms with Gasteiger partial charge in [0.1, 0.15) is 5.75 Å². The molecule has 0 aliphatic heterocycles. The molecule has 4 nitrogen and oxygen atoms in total. The molecule has 0 heterocycles. The number of halogens is 1. The molecule has 110 valence electrons. The average molecular weight is 305 g/mol. The van der Waals surface area contributed by atoms with Crippen LogP contribution in [0.3, 0.4) is 0 Å². The number of aryl methyl sites for hydroxylation is 1. The summed E-state index contributed by atoms with van der Waals surface area (Å²) in [7, 11) is 0. The zero-order valence-electron chi connectivity index (χ0n) is 11.9. The predicted octanol–water partition coefficient (Wildman–Crippen LogP) is 3.88. The lowest BCUT2D eigenvalue weighted by Gasteiger charge is -2.13. The minimum atomic E-state index is -0.226. The Morgan fingerprint density at radius 3 is 2.71 bits per heavy atom. The van der Waals surface area contributed by atoms with E-state index in [1.54, 1.807) is 36.4 Å². The molecular weight excluding hydrogens is 288 g/mol. The van der Waals surface area contributed by atoms with Crippen molar-refractivity contribution >= 4 is 28.9 Å². The van der Waals surface area contributed by atoms with Crippen molar-refractivity contribution < 1.29 is 9.53 Å². The number of ether oxygens (including phenoxy) is 1. The van der Waals surface area contributed by atoms with Gasteiger partial charge in [-0.3, -0.25) is 4.79 Å². The molecule has 21 heavy (non-hydrogen) atoms. The van der Waals surface area contributed by atoms with Gasteiger partial charge in [-0.1, -0.05) is 11.6 Å². The molecule has 2 aromatic rings. The van der Waals surface area contributed by atoms with Gasteiger partial charge in [-0.25, -0.2) is 0 Å². The lowest BCUT2D eigenvalue weighted by Crippen LogP contribution is -2.14. The Kier molecular flexibility index (Phi) is 4.70. The van der Waals surface area contributed by atoms with Crippen molar-refractivity contribution in [3.05, 3.63) is 52.5 Å². The summed E-state index contributed by atoms with van der Waals surface area (Å²) in [6.45, 7) is 4.22. The summed E-state index contributed by atoms with van der Waals surface area (Å²) in [6, 6.07) is 10.3. The Balaban J connectivity index is 2.28. The van der Waals surface area contributed by atoms with Crippen LogP contribution in [0.15, 0.2) is 36.4 Å². The third-order valence-corrected chi connectivity index (χ3v) is 3.22. The van der Waals surface area contributed by atoms with E-state index in [9.17, 15) is 4.79 Å². The number of hydrogen-bond acceptors (Lipinski definition) is 3. The molecule has 0 atom stereocenters. The largest absolute Gasteiger partial charge is 0.492 e. The standard InChI is InChI=1S/C16H17ClN2O2/c1-3-21-15-7-4-11(17)9-14(15)19-16(20)13-6-5-12(18)8-10(13)2/h4-9H,3,18H2,1-2H3,(H,19,20). The summed E-state index contributed by atoms with van der Waals surface area (Å²) in [4.78, 5) is 12.4. The second kappa shape index (κ2) is 6.50. The summed E-state index contributed by atoms with van der Waals surface area (Å²) in [5, 5.41) is 3.35. The van der Waals surface area contributed by atoms with Gasteiger partial charge in [0.2, 0.25) is 0 Å². The van der Waals surface area contributed by atoms with Gasteiger partial charge in [-0.2, -0.15) is 0 Å². The van der Waals surface area contributed by atoms with Gasteiger partial charge in [0.15, 0.2) is 0 Å². The normalized spacial score (nSPS) is 10.2. The second-order valence-corrected chi connectivity index (χ2v) is 5.04. The Labute approximate surface area is 128 Å². The highest BCUT2D eigenvalue weighted by Crippen LogP contribution is 2.28. The van der Waals surface area contributed by atoms with Gasteiger partial charge < -0.3 is 15.8 Å². The Morgan fingerprint density at radius 2 is 2.05 bits per heavy atom. The Morgan fingerprint density at radius 1 is 1.29 bits per heavy atom. The van der Waals surface area contributed by atoms with E-state index >= 15 is 0 Å². The minimum Gasteiger partial charge on any atom is -0.492 e.